The number of hydrogen-bond acceptors (Lipinski definition) is 2. The average molecular weight is 300 g/mol. The Morgan fingerprint density at radius 1 is 1.19 bits per heavy atom. The molecule has 108 valence electrons. The van der Waals surface area contributed by atoms with Gasteiger partial charge in [0.1, 0.15) is 5.75 Å². The summed E-state index contributed by atoms with van der Waals surface area (Å²) in [7, 11) is 0. The van der Waals surface area contributed by atoms with Crippen LogP contribution < -0.4 is 4.74 Å². The van der Waals surface area contributed by atoms with Gasteiger partial charge in [-0.3, -0.25) is 0 Å². The molecule has 0 spiro atoms. The first kappa shape index (κ1) is 15.4. The topological polar surface area (TPSA) is 33.0 Å². The Balaban J connectivity index is 1.81. The summed E-state index contributed by atoms with van der Waals surface area (Å²) >= 11 is 5.90. The number of nitriles is 1. The summed E-state index contributed by atoms with van der Waals surface area (Å²) in [6, 6.07) is 17.9. The Morgan fingerprint density at radius 2 is 1.95 bits per heavy atom. The molecule has 2 nitrogen and oxygen atoms in total. The van der Waals surface area contributed by atoms with Crippen molar-refractivity contribution in [3.63, 3.8) is 0 Å². The quantitative estimate of drug-likeness (QED) is 0.694. The van der Waals surface area contributed by atoms with Crippen molar-refractivity contribution >= 4 is 11.6 Å². The lowest BCUT2D eigenvalue weighted by Gasteiger charge is -2.11. The molecule has 0 N–H and O–H groups in total. The number of rotatable bonds is 6. The van der Waals surface area contributed by atoms with E-state index in [1.54, 1.807) is 6.07 Å². The highest BCUT2D eigenvalue weighted by Crippen LogP contribution is 2.22. The highest BCUT2D eigenvalue weighted by Gasteiger charge is 2.10. The second-order valence-electron chi connectivity index (χ2n) is 5.04. The van der Waals surface area contributed by atoms with Gasteiger partial charge in [0.2, 0.25) is 0 Å². The van der Waals surface area contributed by atoms with Gasteiger partial charge >= 0.3 is 0 Å². The zero-order valence-electron chi connectivity index (χ0n) is 12.1. The highest BCUT2D eigenvalue weighted by molar-refractivity contribution is 6.30. The lowest BCUT2D eigenvalue weighted by Crippen LogP contribution is -2.02. The number of nitrogens with zero attached hydrogens (tertiary/aromatic N) is 1. The second kappa shape index (κ2) is 7.71. The van der Waals surface area contributed by atoms with E-state index in [4.69, 9.17) is 16.3 Å². The van der Waals surface area contributed by atoms with Gasteiger partial charge in [0.15, 0.2) is 0 Å². The third kappa shape index (κ3) is 4.81. The van der Waals surface area contributed by atoms with Crippen molar-refractivity contribution in [3.05, 3.63) is 64.7 Å². The molecule has 0 aromatic heterocycles. The van der Waals surface area contributed by atoms with Crippen molar-refractivity contribution in [1.82, 2.24) is 0 Å². The van der Waals surface area contributed by atoms with Crippen LogP contribution in [0.15, 0.2) is 48.5 Å². The lowest BCUT2D eigenvalue weighted by atomic mass is 9.95. The smallest absolute Gasteiger partial charge is 0.120 e. The molecule has 2 aromatic rings. The Hall–Kier alpha value is -1.98. The van der Waals surface area contributed by atoms with Crippen LogP contribution in [-0.2, 0) is 0 Å². The maximum Gasteiger partial charge on any atom is 0.120 e. The first-order chi connectivity index (χ1) is 10.2. The van der Waals surface area contributed by atoms with Crippen LogP contribution in [0.3, 0.4) is 0 Å². The first-order valence-electron chi connectivity index (χ1n) is 7.03. The second-order valence-corrected chi connectivity index (χ2v) is 5.48. The standard InChI is InChI=1S/C18H18ClNO/c1-14-7-9-15(10-8-14)16(13-20)4-3-11-21-18-6-2-5-17(19)12-18/h2,5-10,12,16H,3-4,11H2,1H3. The monoisotopic (exact) mass is 299 g/mol. The zero-order chi connectivity index (χ0) is 15.1. The fraction of sp³-hybridized carbons (Fsp3) is 0.278. The molecule has 0 saturated carbocycles. The molecule has 0 aliphatic heterocycles. The van der Waals surface area contributed by atoms with Gasteiger partial charge in [0, 0.05) is 5.02 Å². The van der Waals surface area contributed by atoms with Crippen LogP contribution in [0.5, 0.6) is 5.75 Å². The van der Waals surface area contributed by atoms with Crippen molar-refractivity contribution in [1.29, 1.82) is 5.26 Å². The minimum Gasteiger partial charge on any atom is -0.494 e. The summed E-state index contributed by atoms with van der Waals surface area (Å²) in [5.41, 5.74) is 2.28. The molecule has 0 fully saturated rings. The Bertz CT molecular complexity index is 616. The molecule has 1 atom stereocenters. The normalized spacial score (nSPS) is 11.7. The van der Waals surface area contributed by atoms with Gasteiger partial charge in [-0.25, -0.2) is 0 Å². The molecule has 0 aliphatic rings. The van der Waals surface area contributed by atoms with Crippen LogP contribution in [0.4, 0.5) is 0 Å². The van der Waals surface area contributed by atoms with Crippen molar-refractivity contribution in [3.8, 4) is 11.8 Å². The Kier molecular flexibility index (Phi) is 5.66. The molecule has 0 amide bonds. The third-order valence-electron chi connectivity index (χ3n) is 3.34. The van der Waals surface area contributed by atoms with Crippen LogP contribution in [0, 0.1) is 18.3 Å². The largest absolute Gasteiger partial charge is 0.494 e. The van der Waals surface area contributed by atoms with Crippen LogP contribution in [0.1, 0.15) is 29.9 Å². The highest BCUT2D eigenvalue weighted by atomic mass is 35.5. The maximum absolute atomic E-state index is 9.29. The van der Waals surface area contributed by atoms with Crippen LogP contribution in [-0.4, -0.2) is 6.61 Å². The summed E-state index contributed by atoms with van der Waals surface area (Å²) in [4.78, 5) is 0. The van der Waals surface area contributed by atoms with E-state index in [1.165, 1.54) is 5.56 Å². The minimum atomic E-state index is -0.0754. The molecule has 3 heteroatoms. The van der Waals surface area contributed by atoms with Crippen molar-refractivity contribution in [2.24, 2.45) is 0 Å². The molecular weight excluding hydrogens is 282 g/mol. The molecule has 0 heterocycles. The van der Waals surface area contributed by atoms with Crippen LogP contribution in [0.2, 0.25) is 5.02 Å². The van der Waals surface area contributed by atoms with E-state index in [9.17, 15) is 5.26 Å². The minimum absolute atomic E-state index is 0.0754. The van der Waals surface area contributed by atoms with Crippen molar-refractivity contribution in [2.45, 2.75) is 25.7 Å². The number of halogens is 1. The maximum atomic E-state index is 9.29. The summed E-state index contributed by atoms with van der Waals surface area (Å²) in [5, 5.41) is 9.96. The van der Waals surface area contributed by atoms with Gasteiger partial charge in [-0.05, 0) is 43.5 Å². The van der Waals surface area contributed by atoms with Gasteiger partial charge in [-0.2, -0.15) is 5.26 Å². The van der Waals surface area contributed by atoms with E-state index in [0.717, 1.165) is 24.2 Å². The number of hydrogen-bond donors (Lipinski definition) is 0. The summed E-state index contributed by atoms with van der Waals surface area (Å²) in [6.45, 7) is 2.63. The van der Waals surface area contributed by atoms with E-state index < -0.39 is 0 Å². The number of benzene rings is 2. The predicted octanol–water partition coefficient (Wildman–Crippen LogP) is 5.11. The summed E-state index contributed by atoms with van der Waals surface area (Å²) < 4.78 is 5.64. The third-order valence-corrected chi connectivity index (χ3v) is 3.57. The van der Waals surface area contributed by atoms with E-state index >= 15 is 0 Å². The Labute approximate surface area is 130 Å². The van der Waals surface area contributed by atoms with Gasteiger partial charge in [0.25, 0.3) is 0 Å². The molecule has 1 unspecified atom stereocenters. The molecule has 2 aromatic carbocycles. The molecule has 0 bridgehead atoms. The summed E-state index contributed by atoms with van der Waals surface area (Å²) in [6.07, 6.45) is 1.62. The summed E-state index contributed by atoms with van der Waals surface area (Å²) in [5.74, 6) is 0.694. The van der Waals surface area contributed by atoms with E-state index in [-0.39, 0.29) is 5.92 Å². The van der Waals surface area contributed by atoms with Crippen LogP contribution in [0.25, 0.3) is 0 Å². The van der Waals surface area contributed by atoms with Gasteiger partial charge in [-0.15, -0.1) is 0 Å². The van der Waals surface area contributed by atoms with Crippen LogP contribution >= 0.6 is 11.6 Å². The van der Waals surface area contributed by atoms with Crippen molar-refractivity contribution < 1.29 is 4.74 Å². The van der Waals surface area contributed by atoms with E-state index in [2.05, 4.69) is 6.07 Å². The molecule has 21 heavy (non-hydrogen) atoms. The predicted molar refractivity (Wildman–Crippen MR) is 85.7 cm³/mol. The number of aryl methyl sites for hydroxylation is 1. The first-order valence-corrected chi connectivity index (χ1v) is 7.41. The molecule has 0 radical (unpaired) electrons. The fourth-order valence-corrected chi connectivity index (χ4v) is 2.32. The molecule has 2 rings (SSSR count). The number of ether oxygens (including phenoxy) is 1. The SMILES string of the molecule is Cc1ccc(C(C#N)CCCOc2cccc(Cl)c2)cc1. The van der Waals surface area contributed by atoms with Crippen molar-refractivity contribution in [2.75, 3.05) is 6.61 Å². The Morgan fingerprint density at radius 3 is 2.62 bits per heavy atom. The zero-order valence-corrected chi connectivity index (χ0v) is 12.8. The van der Waals surface area contributed by atoms with E-state index in [1.807, 2.05) is 49.4 Å². The molecule has 0 saturated heterocycles. The molecule has 0 aliphatic carbocycles. The lowest BCUT2D eigenvalue weighted by molar-refractivity contribution is 0.305. The van der Waals surface area contributed by atoms with Gasteiger partial charge in [-0.1, -0.05) is 47.5 Å². The molecular formula is C18H18ClNO. The van der Waals surface area contributed by atoms with Gasteiger partial charge in [0.05, 0.1) is 18.6 Å². The van der Waals surface area contributed by atoms with E-state index in [0.29, 0.717) is 11.6 Å². The van der Waals surface area contributed by atoms with Gasteiger partial charge < -0.3 is 4.74 Å². The average Bonchev–Trinajstić information content (AvgIpc) is 2.49. The fourth-order valence-electron chi connectivity index (χ4n) is 2.14.